The SMILES string of the molecule is CC.NNC(=O)c1ccc(O)c(Cl)c1. The van der Waals surface area contributed by atoms with Crippen LogP contribution < -0.4 is 11.3 Å². The Bertz CT molecular complexity index is 316. The number of phenols is 1. The second kappa shape index (κ2) is 6.23. The summed E-state index contributed by atoms with van der Waals surface area (Å²) in [5, 5.41) is 9.12. The molecule has 78 valence electrons. The molecule has 1 rings (SSSR count). The third kappa shape index (κ3) is 3.24. The molecule has 0 spiro atoms. The smallest absolute Gasteiger partial charge is 0.265 e. The van der Waals surface area contributed by atoms with Gasteiger partial charge in [0.15, 0.2) is 0 Å². The molecule has 0 saturated carbocycles. The van der Waals surface area contributed by atoms with Gasteiger partial charge in [0.2, 0.25) is 0 Å². The van der Waals surface area contributed by atoms with E-state index in [-0.39, 0.29) is 10.8 Å². The van der Waals surface area contributed by atoms with Crippen LogP contribution in [0.2, 0.25) is 5.02 Å². The Labute approximate surface area is 87.7 Å². The number of carbonyl (C=O) groups is 1. The Balaban J connectivity index is 0.000000791. The molecule has 0 bridgehead atoms. The Kier molecular flexibility index (Phi) is 5.67. The van der Waals surface area contributed by atoms with E-state index >= 15 is 0 Å². The van der Waals surface area contributed by atoms with Crippen molar-refractivity contribution < 1.29 is 9.90 Å². The van der Waals surface area contributed by atoms with Crippen molar-refractivity contribution in [2.45, 2.75) is 13.8 Å². The minimum atomic E-state index is -0.447. The molecule has 4 nitrogen and oxygen atoms in total. The van der Waals surface area contributed by atoms with Crippen LogP contribution in [0.3, 0.4) is 0 Å². The number of phenolic OH excluding ortho intramolecular Hbond substituents is 1. The molecule has 0 aliphatic rings. The van der Waals surface area contributed by atoms with Crippen LogP contribution >= 0.6 is 11.6 Å². The lowest BCUT2D eigenvalue weighted by Gasteiger charge is -2.00. The number of nitrogens with one attached hydrogen (secondary N) is 1. The maximum absolute atomic E-state index is 10.9. The number of nitrogen functional groups attached to an aromatic ring is 1. The molecule has 4 N–H and O–H groups in total. The molecule has 14 heavy (non-hydrogen) atoms. The van der Waals surface area contributed by atoms with Gasteiger partial charge in [-0.15, -0.1) is 0 Å². The van der Waals surface area contributed by atoms with Gasteiger partial charge in [-0.3, -0.25) is 10.2 Å². The summed E-state index contributed by atoms with van der Waals surface area (Å²) in [6.07, 6.45) is 0. The van der Waals surface area contributed by atoms with E-state index in [0.29, 0.717) is 5.56 Å². The summed E-state index contributed by atoms with van der Waals surface area (Å²) in [6.45, 7) is 4.00. The summed E-state index contributed by atoms with van der Waals surface area (Å²) in [7, 11) is 0. The molecule has 0 radical (unpaired) electrons. The standard InChI is InChI=1S/C7H7ClN2O2.C2H6/c8-5-3-4(7(12)10-9)1-2-6(5)11;1-2/h1-3,11H,9H2,(H,10,12);1-2H3. The first-order valence-electron chi connectivity index (χ1n) is 4.14. The van der Waals surface area contributed by atoms with E-state index < -0.39 is 5.91 Å². The molecule has 1 amide bonds. The van der Waals surface area contributed by atoms with Gasteiger partial charge in [0.1, 0.15) is 5.75 Å². The van der Waals surface area contributed by atoms with Crippen molar-refractivity contribution in [1.29, 1.82) is 0 Å². The maximum atomic E-state index is 10.9. The van der Waals surface area contributed by atoms with Crippen LogP contribution in [-0.4, -0.2) is 11.0 Å². The fourth-order valence-electron chi connectivity index (χ4n) is 0.731. The van der Waals surface area contributed by atoms with Crippen molar-refractivity contribution in [2.75, 3.05) is 0 Å². The average molecular weight is 217 g/mol. The van der Waals surface area contributed by atoms with Gasteiger partial charge in [-0.1, -0.05) is 25.4 Å². The van der Waals surface area contributed by atoms with Crippen LogP contribution in [0.15, 0.2) is 18.2 Å². The summed E-state index contributed by atoms with van der Waals surface area (Å²) in [4.78, 5) is 10.9. The van der Waals surface area contributed by atoms with Gasteiger partial charge in [0.25, 0.3) is 5.91 Å². The fourth-order valence-corrected chi connectivity index (χ4v) is 0.912. The second-order valence-electron chi connectivity index (χ2n) is 2.14. The van der Waals surface area contributed by atoms with Gasteiger partial charge in [-0.05, 0) is 18.2 Å². The first kappa shape index (κ1) is 12.7. The molecule has 0 atom stereocenters. The number of hydrogen-bond acceptors (Lipinski definition) is 3. The number of nitrogens with two attached hydrogens (primary N) is 1. The van der Waals surface area contributed by atoms with Crippen LogP contribution in [0.25, 0.3) is 0 Å². The first-order valence-corrected chi connectivity index (χ1v) is 4.52. The minimum Gasteiger partial charge on any atom is -0.506 e. The Morgan fingerprint density at radius 3 is 2.50 bits per heavy atom. The third-order valence-electron chi connectivity index (χ3n) is 1.34. The Hall–Kier alpha value is -1.26. The predicted molar refractivity (Wildman–Crippen MR) is 56.1 cm³/mol. The Morgan fingerprint density at radius 1 is 1.50 bits per heavy atom. The highest BCUT2D eigenvalue weighted by Gasteiger charge is 2.05. The molecule has 0 aliphatic heterocycles. The second-order valence-corrected chi connectivity index (χ2v) is 2.55. The number of hydrogen-bond donors (Lipinski definition) is 3. The van der Waals surface area contributed by atoms with Gasteiger partial charge in [0.05, 0.1) is 5.02 Å². The maximum Gasteiger partial charge on any atom is 0.265 e. The molecule has 0 aromatic heterocycles. The number of benzene rings is 1. The molecule has 0 heterocycles. The van der Waals surface area contributed by atoms with E-state index in [1.807, 2.05) is 19.3 Å². The number of halogens is 1. The van der Waals surface area contributed by atoms with Crippen molar-refractivity contribution >= 4 is 17.5 Å². The van der Waals surface area contributed by atoms with Crippen LogP contribution in [0.4, 0.5) is 0 Å². The van der Waals surface area contributed by atoms with E-state index in [9.17, 15) is 4.79 Å². The molecular formula is C9H13ClN2O2. The number of aromatic hydroxyl groups is 1. The summed E-state index contributed by atoms with van der Waals surface area (Å²) in [5.41, 5.74) is 2.25. The normalized spacial score (nSPS) is 8.57. The molecular weight excluding hydrogens is 204 g/mol. The molecule has 0 aliphatic carbocycles. The lowest BCUT2D eigenvalue weighted by Crippen LogP contribution is -2.29. The lowest BCUT2D eigenvalue weighted by molar-refractivity contribution is 0.0953. The quantitative estimate of drug-likeness (QED) is 0.380. The largest absolute Gasteiger partial charge is 0.506 e. The average Bonchev–Trinajstić information content (AvgIpc) is 2.24. The predicted octanol–water partition coefficient (Wildman–Crippen LogP) is 1.68. The molecule has 5 heteroatoms. The zero-order valence-electron chi connectivity index (χ0n) is 8.04. The summed E-state index contributed by atoms with van der Waals surface area (Å²) < 4.78 is 0. The van der Waals surface area contributed by atoms with Gasteiger partial charge < -0.3 is 5.11 Å². The zero-order chi connectivity index (χ0) is 11.1. The minimum absolute atomic E-state index is 0.0646. The van der Waals surface area contributed by atoms with Gasteiger partial charge >= 0.3 is 0 Å². The fraction of sp³-hybridized carbons (Fsp3) is 0.222. The van der Waals surface area contributed by atoms with Crippen molar-refractivity contribution in [3.63, 3.8) is 0 Å². The van der Waals surface area contributed by atoms with Crippen molar-refractivity contribution in [3.05, 3.63) is 28.8 Å². The van der Waals surface area contributed by atoms with E-state index in [4.69, 9.17) is 22.6 Å². The van der Waals surface area contributed by atoms with Crippen LogP contribution in [0.5, 0.6) is 5.75 Å². The third-order valence-corrected chi connectivity index (χ3v) is 1.64. The van der Waals surface area contributed by atoms with E-state index in [0.717, 1.165) is 0 Å². The molecule has 0 unspecified atom stereocenters. The summed E-state index contributed by atoms with van der Waals surface area (Å²) >= 11 is 5.54. The van der Waals surface area contributed by atoms with Gasteiger partial charge in [-0.25, -0.2) is 5.84 Å². The molecule has 0 fully saturated rings. The lowest BCUT2D eigenvalue weighted by atomic mass is 10.2. The molecule has 1 aromatic rings. The zero-order valence-corrected chi connectivity index (χ0v) is 8.80. The summed E-state index contributed by atoms with van der Waals surface area (Å²) in [5.74, 6) is 4.38. The first-order chi connectivity index (χ1) is 6.65. The molecule has 0 saturated heterocycles. The number of rotatable bonds is 1. The van der Waals surface area contributed by atoms with Crippen molar-refractivity contribution in [1.82, 2.24) is 5.43 Å². The van der Waals surface area contributed by atoms with Crippen LogP contribution in [-0.2, 0) is 0 Å². The Morgan fingerprint density at radius 2 is 2.07 bits per heavy atom. The van der Waals surface area contributed by atoms with E-state index in [2.05, 4.69) is 0 Å². The van der Waals surface area contributed by atoms with Gasteiger partial charge in [-0.2, -0.15) is 0 Å². The van der Waals surface area contributed by atoms with Gasteiger partial charge in [0, 0.05) is 5.56 Å². The van der Waals surface area contributed by atoms with Crippen LogP contribution in [0.1, 0.15) is 24.2 Å². The number of amides is 1. The number of hydrazine groups is 1. The topological polar surface area (TPSA) is 75.3 Å². The molecule has 1 aromatic carbocycles. The monoisotopic (exact) mass is 216 g/mol. The summed E-state index contributed by atoms with van der Waals surface area (Å²) in [6, 6.07) is 4.08. The van der Waals surface area contributed by atoms with Crippen molar-refractivity contribution in [2.24, 2.45) is 5.84 Å². The highest BCUT2D eigenvalue weighted by Crippen LogP contribution is 2.23. The number of carbonyl (C=O) groups excluding carboxylic acids is 1. The van der Waals surface area contributed by atoms with E-state index in [1.165, 1.54) is 18.2 Å². The van der Waals surface area contributed by atoms with E-state index in [1.54, 1.807) is 0 Å². The van der Waals surface area contributed by atoms with Crippen molar-refractivity contribution in [3.8, 4) is 5.75 Å². The van der Waals surface area contributed by atoms with Crippen LogP contribution in [0, 0.1) is 0 Å². The highest BCUT2D eigenvalue weighted by atomic mass is 35.5. The highest BCUT2D eigenvalue weighted by molar-refractivity contribution is 6.32.